The highest BCUT2D eigenvalue weighted by molar-refractivity contribution is 9.10. The van der Waals surface area contributed by atoms with E-state index < -0.39 is 0 Å². The van der Waals surface area contributed by atoms with Gasteiger partial charge < -0.3 is 4.74 Å². The van der Waals surface area contributed by atoms with Crippen LogP contribution in [0.25, 0.3) is 0 Å². The molecule has 15 heavy (non-hydrogen) atoms. The lowest BCUT2D eigenvalue weighted by atomic mass is 10.00. The van der Waals surface area contributed by atoms with Gasteiger partial charge in [0.05, 0.1) is 18.0 Å². The molecule has 0 atom stereocenters. The molecular formula is C10H8BrNO3. The predicted octanol–water partition coefficient (Wildman–Crippen LogP) is 1.27. The summed E-state index contributed by atoms with van der Waals surface area (Å²) in [5, 5.41) is 2.26. The molecule has 0 fully saturated rings. The fourth-order valence-electron chi connectivity index (χ4n) is 1.52. The first-order valence-corrected chi connectivity index (χ1v) is 5.11. The number of halogens is 1. The number of nitrogens with one attached hydrogen (secondary N) is 1. The smallest absolute Gasteiger partial charge is 0.258 e. The van der Waals surface area contributed by atoms with Crippen LogP contribution in [-0.2, 0) is 11.2 Å². The van der Waals surface area contributed by atoms with Crippen molar-refractivity contribution >= 4 is 27.7 Å². The van der Waals surface area contributed by atoms with E-state index in [4.69, 9.17) is 4.74 Å². The zero-order valence-corrected chi connectivity index (χ0v) is 9.55. The number of carbonyl (C=O) groups excluding carboxylic acids is 2. The minimum atomic E-state index is -0.368. The van der Waals surface area contributed by atoms with Crippen LogP contribution < -0.4 is 10.1 Å². The van der Waals surface area contributed by atoms with Crippen molar-refractivity contribution in [3.63, 3.8) is 0 Å². The van der Waals surface area contributed by atoms with Crippen molar-refractivity contribution in [3.05, 3.63) is 27.7 Å². The second-order valence-corrected chi connectivity index (χ2v) is 4.05. The van der Waals surface area contributed by atoms with E-state index in [9.17, 15) is 9.59 Å². The van der Waals surface area contributed by atoms with E-state index in [2.05, 4.69) is 21.2 Å². The van der Waals surface area contributed by atoms with Gasteiger partial charge in [0.25, 0.3) is 5.91 Å². The van der Waals surface area contributed by atoms with Gasteiger partial charge >= 0.3 is 0 Å². The topological polar surface area (TPSA) is 55.4 Å². The Morgan fingerprint density at radius 2 is 2.13 bits per heavy atom. The second-order valence-electron chi connectivity index (χ2n) is 3.20. The normalized spacial score (nSPS) is 14.5. The highest BCUT2D eigenvalue weighted by atomic mass is 79.9. The van der Waals surface area contributed by atoms with E-state index in [1.165, 1.54) is 7.11 Å². The third-order valence-electron chi connectivity index (χ3n) is 2.23. The monoisotopic (exact) mass is 269 g/mol. The van der Waals surface area contributed by atoms with Crippen LogP contribution in [0.1, 0.15) is 15.9 Å². The van der Waals surface area contributed by atoms with Crippen LogP contribution in [0.2, 0.25) is 0 Å². The van der Waals surface area contributed by atoms with Crippen LogP contribution in [0.3, 0.4) is 0 Å². The lowest BCUT2D eigenvalue weighted by Crippen LogP contribution is -2.37. The average Bonchev–Trinajstić information content (AvgIpc) is 2.16. The number of hydrogen-bond donors (Lipinski definition) is 1. The van der Waals surface area contributed by atoms with Crippen molar-refractivity contribution in [2.45, 2.75) is 6.42 Å². The van der Waals surface area contributed by atoms with Gasteiger partial charge in [0.2, 0.25) is 5.91 Å². The predicted molar refractivity (Wildman–Crippen MR) is 56.9 cm³/mol. The van der Waals surface area contributed by atoms with Crippen LogP contribution in [0, 0.1) is 0 Å². The van der Waals surface area contributed by atoms with Crippen molar-refractivity contribution in [3.8, 4) is 5.75 Å². The van der Waals surface area contributed by atoms with Crippen molar-refractivity contribution in [2.24, 2.45) is 0 Å². The third-order valence-corrected chi connectivity index (χ3v) is 2.85. The van der Waals surface area contributed by atoms with E-state index in [0.717, 1.165) is 10.0 Å². The molecule has 0 unspecified atom stereocenters. The summed E-state index contributed by atoms with van der Waals surface area (Å²) in [7, 11) is 1.53. The SMILES string of the molecule is COc1cc2c(cc1Br)CC(=O)NC2=O. The summed E-state index contributed by atoms with van der Waals surface area (Å²) in [6.07, 6.45) is 0.226. The molecule has 0 saturated heterocycles. The minimum Gasteiger partial charge on any atom is -0.496 e. The summed E-state index contributed by atoms with van der Waals surface area (Å²) in [6.45, 7) is 0. The van der Waals surface area contributed by atoms with Gasteiger partial charge in [-0.15, -0.1) is 0 Å². The zero-order valence-electron chi connectivity index (χ0n) is 7.96. The Balaban J connectivity index is 2.56. The maximum Gasteiger partial charge on any atom is 0.258 e. The van der Waals surface area contributed by atoms with Gasteiger partial charge in [-0.3, -0.25) is 14.9 Å². The fraction of sp³-hybridized carbons (Fsp3) is 0.200. The van der Waals surface area contributed by atoms with Crippen molar-refractivity contribution in [1.29, 1.82) is 0 Å². The molecule has 1 aliphatic heterocycles. The molecule has 1 N–H and O–H groups in total. The van der Waals surface area contributed by atoms with E-state index in [-0.39, 0.29) is 18.2 Å². The molecule has 0 aliphatic carbocycles. The number of methoxy groups -OCH3 is 1. The molecule has 2 rings (SSSR count). The minimum absolute atomic E-state index is 0.226. The van der Waals surface area contributed by atoms with Crippen LogP contribution in [0.15, 0.2) is 16.6 Å². The maximum atomic E-state index is 11.5. The quantitative estimate of drug-likeness (QED) is 0.782. The number of ether oxygens (including phenoxy) is 1. The first-order valence-electron chi connectivity index (χ1n) is 4.32. The first-order chi connectivity index (χ1) is 7.11. The van der Waals surface area contributed by atoms with Gasteiger partial charge in [-0.25, -0.2) is 0 Å². The Kier molecular flexibility index (Phi) is 2.48. The lowest BCUT2D eigenvalue weighted by molar-refractivity contribution is -0.119. The number of fused-ring (bicyclic) bond motifs is 1. The lowest BCUT2D eigenvalue weighted by Gasteiger charge is -2.16. The van der Waals surface area contributed by atoms with Crippen molar-refractivity contribution in [1.82, 2.24) is 5.32 Å². The molecule has 5 heteroatoms. The van der Waals surface area contributed by atoms with Gasteiger partial charge in [0, 0.05) is 5.56 Å². The number of carbonyl (C=O) groups is 2. The maximum absolute atomic E-state index is 11.5. The van der Waals surface area contributed by atoms with E-state index in [0.29, 0.717) is 11.3 Å². The Hall–Kier alpha value is -1.36. The standard InChI is InChI=1S/C10H8BrNO3/c1-15-8-4-6-5(2-7(8)11)3-9(13)12-10(6)14/h2,4H,3H2,1H3,(H,12,13,14). The number of imide groups is 1. The second kappa shape index (κ2) is 3.66. The highest BCUT2D eigenvalue weighted by Gasteiger charge is 2.23. The average molecular weight is 270 g/mol. The number of benzene rings is 1. The Bertz CT molecular complexity index is 456. The summed E-state index contributed by atoms with van der Waals surface area (Å²) in [4.78, 5) is 22.6. The molecule has 2 amide bonds. The van der Waals surface area contributed by atoms with Gasteiger partial charge in [-0.2, -0.15) is 0 Å². The van der Waals surface area contributed by atoms with Gasteiger partial charge in [-0.05, 0) is 33.6 Å². The fourth-order valence-corrected chi connectivity index (χ4v) is 2.07. The molecular weight excluding hydrogens is 262 g/mol. The summed E-state index contributed by atoms with van der Waals surface area (Å²) in [6, 6.07) is 3.37. The largest absolute Gasteiger partial charge is 0.496 e. The van der Waals surface area contributed by atoms with Crippen LogP contribution >= 0.6 is 15.9 Å². The zero-order chi connectivity index (χ0) is 11.0. The molecule has 0 bridgehead atoms. The Morgan fingerprint density at radius 1 is 1.40 bits per heavy atom. The van der Waals surface area contributed by atoms with E-state index >= 15 is 0 Å². The van der Waals surface area contributed by atoms with Crippen LogP contribution in [-0.4, -0.2) is 18.9 Å². The number of hydrogen-bond acceptors (Lipinski definition) is 3. The molecule has 0 aromatic heterocycles. The van der Waals surface area contributed by atoms with E-state index in [1.54, 1.807) is 12.1 Å². The first kappa shape index (κ1) is 10.2. The van der Waals surface area contributed by atoms with Crippen molar-refractivity contribution < 1.29 is 14.3 Å². The molecule has 1 aliphatic rings. The van der Waals surface area contributed by atoms with Gasteiger partial charge in [0.1, 0.15) is 5.75 Å². The molecule has 1 heterocycles. The molecule has 78 valence electrons. The summed E-state index contributed by atoms with van der Waals surface area (Å²) in [5.74, 6) is -0.0603. The molecule has 0 saturated carbocycles. The molecule has 1 aromatic rings. The third kappa shape index (κ3) is 1.74. The number of rotatable bonds is 1. The molecule has 0 spiro atoms. The van der Waals surface area contributed by atoms with Crippen LogP contribution in [0.5, 0.6) is 5.75 Å². The molecule has 1 aromatic carbocycles. The molecule has 0 radical (unpaired) electrons. The summed E-state index contributed by atoms with van der Waals surface area (Å²) < 4.78 is 5.82. The number of amides is 2. The van der Waals surface area contributed by atoms with Gasteiger partial charge in [0.15, 0.2) is 0 Å². The summed E-state index contributed by atoms with van der Waals surface area (Å²) >= 11 is 3.31. The summed E-state index contributed by atoms with van der Waals surface area (Å²) in [5.41, 5.74) is 1.21. The Labute approximate surface area is 94.7 Å². The molecule has 4 nitrogen and oxygen atoms in total. The van der Waals surface area contributed by atoms with Crippen LogP contribution in [0.4, 0.5) is 0 Å². The highest BCUT2D eigenvalue weighted by Crippen LogP contribution is 2.29. The van der Waals surface area contributed by atoms with E-state index in [1.807, 2.05) is 0 Å². The van der Waals surface area contributed by atoms with Crippen molar-refractivity contribution in [2.75, 3.05) is 7.11 Å². The van der Waals surface area contributed by atoms with Gasteiger partial charge in [-0.1, -0.05) is 0 Å². The Morgan fingerprint density at radius 3 is 2.80 bits per heavy atom.